The van der Waals surface area contributed by atoms with E-state index in [9.17, 15) is 9.59 Å². The lowest BCUT2D eigenvalue weighted by Crippen LogP contribution is -2.22. The minimum Gasteiger partial charge on any atom is -0.465 e. The summed E-state index contributed by atoms with van der Waals surface area (Å²) >= 11 is 1.50. The number of carbonyl (C=O) groups is 2. The van der Waals surface area contributed by atoms with E-state index in [2.05, 4.69) is 5.32 Å². The van der Waals surface area contributed by atoms with Gasteiger partial charge in [0.05, 0.1) is 12.7 Å². The summed E-state index contributed by atoms with van der Waals surface area (Å²) in [6.45, 7) is 2.51. The lowest BCUT2D eigenvalue weighted by Gasteiger charge is -2.12. The Labute approximate surface area is 128 Å². The van der Waals surface area contributed by atoms with Gasteiger partial charge in [0.1, 0.15) is 5.00 Å². The quantitative estimate of drug-likeness (QED) is 0.790. The molecule has 21 heavy (non-hydrogen) atoms. The first-order valence-corrected chi connectivity index (χ1v) is 8.15. The third-order valence-corrected chi connectivity index (χ3v) is 5.16. The van der Waals surface area contributed by atoms with Crippen LogP contribution in [0.25, 0.3) is 0 Å². The normalized spacial score (nSPS) is 14.6. The Balaban J connectivity index is 2.16. The maximum Gasteiger partial charge on any atom is 0.341 e. The number of methoxy groups -OCH3 is 1. The summed E-state index contributed by atoms with van der Waals surface area (Å²) in [5.41, 5.74) is 7.23. The molecule has 3 N–H and O–H groups in total. The van der Waals surface area contributed by atoms with Crippen LogP contribution in [0.3, 0.4) is 0 Å². The van der Waals surface area contributed by atoms with Gasteiger partial charge in [-0.05, 0) is 37.3 Å². The number of hydrogen-bond acceptors (Lipinski definition) is 5. The number of rotatable bonds is 6. The third-order valence-electron chi connectivity index (χ3n) is 3.95. The molecule has 2 rings (SSSR count). The van der Waals surface area contributed by atoms with Gasteiger partial charge in [-0.2, -0.15) is 0 Å². The zero-order valence-corrected chi connectivity index (χ0v) is 13.3. The van der Waals surface area contributed by atoms with E-state index in [1.807, 2.05) is 6.92 Å². The molecule has 0 aliphatic heterocycles. The van der Waals surface area contributed by atoms with Crippen LogP contribution < -0.4 is 11.1 Å². The van der Waals surface area contributed by atoms with E-state index >= 15 is 0 Å². The number of ether oxygens (including phenoxy) is 1. The highest BCUT2D eigenvalue weighted by Crippen LogP contribution is 2.39. The number of carbonyl (C=O) groups excluding carboxylic acids is 2. The summed E-state index contributed by atoms with van der Waals surface area (Å²) in [5, 5.41) is 3.51. The average molecular weight is 310 g/mol. The predicted molar refractivity (Wildman–Crippen MR) is 83.8 cm³/mol. The number of fused-ring (bicyclic) bond motifs is 1. The Bertz CT molecular complexity index is 535. The lowest BCUT2D eigenvalue weighted by atomic mass is 10.0. The standard InChI is InChI=1S/C15H22N2O3S/c1-3-9(8-16)7-12(18)17-14-13(15(19)20-2)10-5-4-6-11(10)21-14/h9H,3-8,16H2,1-2H3,(H,17,18). The molecule has 1 amide bonds. The molecule has 1 atom stereocenters. The molecule has 0 bridgehead atoms. The van der Waals surface area contributed by atoms with Crippen LogP contribution in [-0.2, 0) is 22.4 Å². The van der Waals surface area contributed by atoms with Gasteiger partial charge in [-0.3, -0.25) is 4.79 Å². The minimum atomic E-state index is -0.365. The molecule has 5 nitrogen and oxygen atoms in total. The number of amides is 1. The van der Waals surface area contributed by atoms with Crippen LogP contribution in [0.1, 0.15) is 47.0 Å². The van der Waals surface area contributed by atoms with Crippen LogP contribution in [0.2, 0.25) is 0 Å². The van der Waals surface area contributed by atoms with Crippen LogP contribution in [0.5, 0.6) is 0 Å². The molecule has 1 aliphatic rings. The van der Waals surface area contributed by atoms with Gasteiger partial charge in [0.15, 0.2) is 0 Å². The monoisotopic (exact) mass is 310 g/mol. The van der Waals surface area contributed by atoms with Crippen molar-refractivity contribution >= 4 is 28.2 Å². The molecule has 116 valence electrons. The first kappa shape index (κ1) is 16.0. The van der Waals surface area contributed by atoms with E-state index in [4.69, 9.17) is 10.5 Å². The van der Waals surface area contributed by atoms with Crippen molar-refractivity contribution < 1.29 is 14.3 Å². The van der Waals surface area contributed by atoms with Gasteiger partial charge < -0.3 is 15.8 Å². The van der Waals surface area contributed by atoms with Gasteiger partial charge in [0, 0.05) is 11.3 Å². The first-order chi connectivity index (χ1) is 10.1. The molecule has 1 heterocycles. The highest BCUT2D eigenvalue weighted by molar-refractivity contribution is 7.17. The Morgan fingerprint density at radius 2 is 2.19 bits per heavy atom. The second-order valence-electron chi connectivity index (χ2n) is 5.32. The van der Waals surface area contributed by atoms with Crippen LogP contribution in [0, 0.1) is 5.92 Å². The van der Waals surface area contributed by atoms with E-state index in [0.29, 0.717) is 23.5 Å². The fourth-order valence-electron chi connectivity index (χ4n) is 2.64. The summed E-state index contributed by atoms with van der Waals surface area (Å²) in [5.74, 6) is -0.272. The Hall–Kier alpha value is -1.40. The average Bonchev–Trinajstić information content (AvgIpc) is 3.04. The number of esters is 1. The summed E-state index contributed by atoms with van der Waals surface area (Å²) < 4.78 is 4.86. The van der Waals surface area contributed by atoms with Crippen molar-refractivity contribution in [1.82, 2.24) is 0 Å². The molecule has 1 aromatic heterocycles. The number of aryl methyl sites for hydroxylation is 1. The second kappa shape index (κ2) is 7.04. The van der Waals surface area contributed by atoms with E-state index in [1.54, 1.807) is 0 Å². The Kier molecular flexibility index (Phi) is 5.36. The molecule has 0 saturated heterocycles. The lowest BCUT2D eigenvalue weighted by molar-refractivity contribution is -0.117. The number of thiophene rings is 1. The van der Waals surface area contributed by atoms with Gasteiger partial charge in [0.25, 0.3) is 0 Å². The van der Waals surface area contributed by atoms with E-state index < -0.39 is 0 Å². The molecular weight excluding hydrogens is 288 g/mol. The smallest absolute Gasteiger partial charge is 0.341 e. The molecule has 0 spiro atoms. The number of hydrogen-bond donors (Lipinski definition) is 2. The summed E-state index contributed by atoms with van der Waals surface area (Å²) in [6, 6.07) is 0. The third kappa shape index (κ3) is 3.44. The van der Waals surface area contributed by atoms with Gasteiger partial charge >= 0.3 is 5.97 Å². The van der Waals surface area contributed by atoms with E-state index in [1.165, 1.54) is 23.3 Å². The van der Waals surface area contributed by atoms with Crippen molar-refractivity contribution in [3.8, 4) is 0 Å². The molecule has 0 fully saturated rings. The Morgan fingerprint density at radius 1 is 1.43 bits per heavy atom. The summed E-state index contributed by atoms with van der Waals surface area (Å²) in [4.78, 5) is 25.3. The summed E-state index contributed by atoms with van der Waals surface area (Å²) in [7, 11) is 1.37. The largest absolute Gasteiger partial charge is 0.465 e. The number of anilines is 1. The summed E-state index contributed by atoms with van der Waals surface area (Å²) in [6.07, 6.45) is 4.17. The van der Waals surface area contributed by atoms with Gasteiger partial charge in [-0.15, -0.1) is 11.3 Å². The Morgan fingerprint density at radius 3 is 2.81 bits per heavy atom. The SMILES string of the molecule is CCC(CN)CC(=O)Nc1sc2c(c1C(=O)OC)CCC2. The molecule has 6 heteroatoms. The first-order valence-electron chi connectivity index (χ1n) is 7.33. The minimum absolute atomic E-state index is 0.0858. The molecule has 1 aliphatic carbocycles. The molecule has 0 saturated carbocycles. The van der Waals surface area contributed by atoms with Crippen LogP contribution in [0.15, 0.2) is 0 Å². The van der Waals surface area contributed by atoms with Crippen LogP contribution in [0.4, 0.5) is 5.00 Å². The molecule has 1 aromatic rings. The predicted octanol–water partition coefficient (Wildman–Crippen LogP) is 2.34. The van der Waals surface area contributed by atoms with Crippen molar-refractivity contribution in [2.24, 2.45) is 11.7 Å². The zero-order chi connectivity index (χ0) is 15.4. The molecule has 1 unspecified atom stereocenters. The van der Waals surface area contributed by atoms with Crippen molar-refractivity contribution in [3.63, 3.8) is 0 Å². The van der Waals surface area contributed by atoms with Crippen LogP contribution in [-0.4, -0.2) is 25.5 Å². The number of nitrogens with two attached hydrogens (primary N) is 1. The fourth-order valence-corrected chi connectivity index (χ4v) is 3.94. The van der Waals surface area contributed by atoms with Crippen molar-refractivity contribution in [2.75, 3.05) is 19.0 Å². The maximum atomic E-state index is 12.1. The van der Waals surface area contributed by atoms with E-state index in [-0.39, 0.29) is 17.8 Å². The fraction of sp³-hybridized carbons (Fsp3) is 0.600. The molecular formula is C15H22N2O3S. The second-order valence-corrected chi connectivity index (χ2v) is 6.42. The van der Waals surface area contributed by atoms with Gasteiger partial charge in [-0.1, -0.05) is 13.3 Å². The van der Waals surface area contributed by atoms with Crippen molar-refractivity contribution in [3.05, 3.63) is 16.0 Å². The molecule has 0 aromatic carbocycles. The highest BCUT2D eigenvalue weighted by atomic mass is 32.1. The van der Waals surface area contributed by atoms with Crippen molar-refractivity contribution in [2.45, 2.75) is 39.0 Å². The maximum absolute atomic E-state index is 12.1. The van der Waals surface area contributed by atoms with Crippen molar-refractivity contribution in [1.29, 1.82) is 0 Å². The zero-order valence-electron chi connectivity index (χ0n) is 12.5. The highest BCUT2D eigenvalue weighted by Gasteiger charge is 2.28. The van der Waals surface area contributed by atoms with Gasteiger partial charge in [-0.25, -0.2) is 4.79 Å². The topological polar surface area (TPSA) is 81.4 Å². The van der Waals surface area contributed by atoms with E-state index in [0.717, 1.165) is 31.2 Å². The van der Waals surface area contributed by atoms with Crippen LogP contribution >= 0.6 is 11.3 Å². The molecule has 0 radical (unpaired) electrons. The van der Waals surface area contributed by atoms with Gasteiger partial charge in [0.2, 0.25) is 5.91 Å². The number of nitrogens with one attached hydrogen (secondary N) is 1.